The SMILES string of the molecule is CCC/C=C\C/C=C\CCCCCCCC(=O)OCCCCCCCCCCCCCCCCCCCCCC(=O)NC(CO)C(O)/C=C/CCCCCCCCCCC. The summed E-state index contributed by atoms with van der Waals surface area (Å²) in [5, 5.41) is 23.0. The summed E-state index contributed by atoms with van der Waals surface area (Å²) in [7, 11) is 0. The third-order valence-electron chi connectivity index (χ3n) is 11.9. The van der Waals surface area contributed by atoms with E-state index in [1.54, 1.807) is 6.08 Å². The second-order valence-electron chi connectivity index (χ2n) is 17.9. The Bertz CT molecular complexity index is 977. The number of hydrogen-bond acceptors (Lipinski definition) is 5. The van der Waals surface area contributed by atoms with Gasteiger partial charge < -0.3 is 20.3 Å². The number of esters is 1. The molecule has 2 unspecified atom stereocenters. The van der Waals surface area contributed by atoms with Gasteiger partial charge in [0.15, 0.2) is 0 Å². The number of aliphatic hydroxyl groups is 2. The lowest BCUT2D eigenvalue weighted by molar-refractivity contribution is -0.143. The number of carbonyl (C=O) groups excluding carboxylic acids is 2. The molecule has 3 N–H and O–H groups in total. The van der Waals surface area contributed by atoms with Crippen molar-refractivity contribution in [3.8, 4) is 0 Å². The van der Waals surface area contributed by atoms with Crippen LogP contribution in [0.3, 0.4) is 0 Å². The van der Waals surface area contributed by atoms with E-state index >= 15 is 0 Å². The summed E-state index contributed by atoms with van der Waals surface area (Å²) >= 11 is 0. The molecule has 0 radical (unpaired) electrons. The molecule has 0 aliphatic heterocycles. The van der Waals surface area contributed by atoms with Crippen molar-refractivity contribution in [2.24, 2.45) is 0 Å². The Kier molecular flexibility index (Phi) is 48.1. The summed E-state index contributed by atoms with van der Waals surface area (Å²) in [5.74, 6) is -0.0808. The molecule has 0 heterocycles. The van der Waals surface area contributed by atoms with E-state index in [2.05, 4.69) is 43.5 Å². The Morgan fingerprint density at radius 1 is 0.467 bits per heavy atom. The molecule has 0 aromatic carbocycles. The average Bonchev–Trinajstić information content (AvgIpc) is 3.25. The van der Waals surface area contributed by atoms with E-state index in [9.17, 15) is 19.8 Å². The van der Waals surface area contributed by atoms with Gasteiger partial charge in [-0.3, -0.25) is 9.59 Å². The maximum absolute atomic E-state index is 12.4. The molecule has 2 atom stereocenters. The highest BCUT2D eigenvalue weighted by Crippen LogP contribution is 2.16. The van der Waals surface area contributed by atoms with Crippen LogP contribution in [0.5, 0.6) is 0 Å². The highest BCUT2D eigenvalue weighted by atomic mass is 16.5. The van der Waals surface area contributed by atoms with Crippen LogP contribution in [0.2, 0.25) is 0 Å². The highest BCUT2D eigenvalue weighted by molar-refractivity contribution is 5.76. The van der Waals surface area contributed by atoms with E-state index in [-0.39, 0.29) is 18.5 Å². The Labute approximate surface area is 373 Å². The fourth-order valence-electron chi connectivity index (χ4n) is 7.85. The summed E-state index contributed by atoms with van der Waals surface area (Å²) in [4.78, 5) is 24.4. The van der Waals surface area contributed by atoms with Crippen LogP contribution in [0, 0.1) is 0 Å². The molecule has 0 saturated heterocycles. The molecule has 0 bridgehead atoms. The first kappa shape index (κ1) is 58.1. The number of nitrogens with one attached hydrogen (secondary N) is 1. The van der Waals surface area contributed by atoms with Crippen molar-refractivity contribution in [2.75, 3.05) is 13.2 Å². The number of amides is 1. The summed E-state index contributed by atoms with van der Waals surface area (Å²) < 4.78 is 5.45. The van der Waals surface area contributed by atoms with E-state index in [0.29, 0.717) is 19.4 Å². The largest absolute Gasteiger partial charge is 0.466 e. The van der Waals surface area contributed by atoms with Gasteiger partial charge in [-0.05, 0) is 57.8 Å². The maximum Gasteiger partial charge on any atom is 0.305 e. The van der Waals surface area contributed by atoms with Crippen molar-refractivity contribution in [3.05, 3.63) is 36.5 Å². The van der Waals surface area contributed by atoms with Crippen LogP contribution in [0.4, 0.5) is 0 Å². The number of ether oxygens (including phenoxy) is 1. The quantitative estimate of drug-likeness (QED) is 0.0322. The topological polar surface area (TPSA) is 95.9 Å². The number of unbranched alkanes of at least 4 members (excludes halogenated alkanes) is 33. The molecule has 0 aliphatic rings. The van der Waals surface area contributed by atoms with E-state index in [0.717, 1.165) is 51.4 Å². The van der Waals surface area contributed by atoms with Crippen LogP contribution in [-0.4, -0.2) is 47.4 Å². The lowest BCUT2D eigenvalue weighted by atomic mass is 10.0. The van der Waals surface area contributed by atoms with Gasteiger partial charge in [-0.25, -0.2) is 0 Å². The van der Waals surface area contributed by atoms with E-state index in [1.807, 2.05) is 6.08 Å². The molecular weight excluding hydrogens is 743 g/mol. The van der Waals surface area contributed by atoms with Gasteiger partial charge in [-0.1, -0.05) is 237 Å². The Morgan fingerprint density at radius 3 is 1.33 bits per heavy atom. The fraction of sp³-hybridized carbons (Fsp3) is 0.852. The molecule has 0 fully saturated rings. The van der Waals surface area contributed by atoms with Gasteiger partial charge >= 0.3 is 5.97 Å². The van der Waals surface area contributed by atoms with Gasteiger partial charge in [0.05, 0.1) is 25.4 Å². The molecule has 1 amide bonds. The van der Waals surface area contributed by atoms with Gasteiger partial charge in [-0.15, -0.1) is 0 Å². The summed E-state index contributed by atoms with van der Waals surface area (Å²) in [5.41, 5.74) is 0. The Hall–Kier alpha value is -1.92. The number of aliphatic hydroxyl groups excluding tert-OH is 2. The van der Waals surface area contributed by atoms with Crippen molar-refractivity contribution < 1.29 is 24.5 Å². The molecule has 0 rings (SSSR count). The minimum atomic E-state index is -0.845. The fourth-order valence-corrected chi connectivity index (χ4v) is 7.85. The van der Waals surface area contributed by atoms with Gasteiger partial charge in [-0.2, -0.15) is 0 Å². The number of allylic oxidation sites excluding steroid dienone is 5. The van der Waals surface area contributed by atoms with Crippen LogP contribution in [0.25, 0.3) is 0 Å². The third kappa shape index (κ3) is 45.6. The molecular formula is C54H101NO5. The predicted octanol–water partition coefficient (Wildman–Crippen LogP) is 15.7. The van der Waals surface area contributed by atoms with Crippen molar-refractivity contribution in [1.29, 1.82) is 0 Å². The maximum atomic E-state index is 12.4. The molecule has 0 aliphatic carbocycles. The summed E-state index contributed by atoms with van der Waals surface area (Å²) in [6.45, 7) is 4.81. The first-order valence-electron chi connectivity index (χ1n) is 26.3. The van der Waals surface area contributed by atoms with Crippen LogP contribution in [0.1, 0.15) is 271 Å². The molecule has 60 heavy (non-hydrogen) atoms. The summed E-state index contributed by atoms with van der Waals surface area (Å²) in [6, 6.07) is -0.629. The average molecular weight is 844 g/mol. The Balaban J connectivity index is 3.42. The molecule has 6 heteroatoms. The molecule has 6 nitrogen and oxygen atoms in total. The first-order valence-corrected chi connectivity index (χ1v) is 26.3. The van der Waals surface area contributed by atoms with Crippen molar-refractivity contribution in [2.45, 2.75) is 283 Å². The highest BCUT2D eigenvalue weighted by Gasteiger charge is 2.18. The van der Waals surface area contributed by atoms with E-state index in [4.69, 9.17) is 4.74 Å². The molecule has 0 aromatic heterocycles. The predicted molar refractivity (Wildman–Crippen MR) is 259 cm³/mol. The monoisotopic (exact) mass is 844 g/mol. The standard InChI is InChI=1S/C54H101NO5/c1-3-5-7-9-11-13-15-23-28-32-36-40-44-48-54(59)60-49-45-41-37-33-29-25-22-20-18-16-17-19-21-24-27-31-35-39-43-47-53(58)55-51(50-56)52(57)46-42-38-34-30-26-14-12-10-8-6-4-2/h7,9,13,15,42,46,51-52,56-57H,3-6,8,10-12,14,16-41,43-45,47-50H2,1-2H3,(H,55,58)/b9-7-,15-13-,46-42+. The normalized spacial score (nSPS) is 12.9. The van der Waals surface area contributed by atoms with E-state index < -0.39 is 12.1 Å². The Morgan fingerprint density at radius 2 is 0.867 bits per heavy atom. The van der Waals surface area contributed by atoms with Crippen LogP contribution in [-0.2, 0) is 14.3 Å². The van der Waals surface area contributed by atoms with Gasteiger partial charge in [0.1, 0.15) is 0 Å². The molecule has 352 valence electrons. The van der Waals surface area contributed by atoms with Crippen molar-refractivity contribution in [3.63, 3.8) is 0 Å². The molecule has 0 saturated carbocycles. The first-order chi connectivity index (χ1) is 29.5. The van der Waals surface area contributed by atoms with Crippen molar-refractivity contribution in [1.82, 2.24) is 5.32 Å². The zero-order chi connectivity index (χ0) is 43.7. The van der Waals surface area contributed by atoms with Gasteiger partial charge in [0, 0.05) is 12.8 Å². The minimum Gasteiger partial charge on any atom is -0.466 e. The minimum absolute atomic E-state index is 0.00778. The lowest BCUT2D eigenvalue weighted by Gasteiger charge is -2.20. The number of rotatable bonds is 48. The lowest BCUT2D eigenvalue weighted by Crippen LogP contribution is -2.45. The second-order valence-corrected chi connectivity index (χ2v) is 17.9. The number of hydrogen-bond donors (Lipinski definition) is 3. The van der Waals surface area contributed by atoms with Gasteiger partial charge in [0.2, 0.25) is 5.91 Å². The summed E-state index contributed by atoms with van der Waals surface area (Å²) in [6.07, 6.45) is 60.1. The zero-order valence-corrected chi connectivity index (χ0v) is 39.9. The van der Waals surface area contributed by atoms with Gasteiger partial charge in [0.25, 0.3) is 0 Å². The zero-order valence-electron chi connectivity index (χ0n) is 39.9. The third-order valence-corrected chi connectivity index (χ3v) is 11.9. The van der Waals surface area contributed by atoms with Crippen LogP contribution >= 0.6 is 0 Å². The molecule has 0 aromatic rings. The second kappa shape index (κ2) is 49.7. The van der Waals surface area contributed by atoms with Crippen LogP contribution in [0.15, 0.2) is 36.5 Å². The van der Waals surface area contributed by atoms with Crippen molar-refractivity contribution >= 4 is 11.9 Å². The number of carbonyl (C=O) groups is 2. The smallest absolute Gasteiger partial charge is 0.305 e. The van der Waals surface area contributed by atoms with Crippen LogP contribution < -0.4 is 5.32 Å². The molecule has 0 spiro atoms. The van der Waals surface area contributed by atoms with E-state index in [1.165, 1.54) is 193 Å².